The average molecular weight is 529 g/mol. The molecule has 0 spiro atoms. The van der Waals surface area contributed by atoms with Gasteiger partial charge in [0, 0.05) is 44.6 Å². The van der Waals surface area contributed by atoms with Gasteiger partial charge in [-0.25, -0.2) is 4.99 Å². The minimum atomic E-state index is 0. The number of nitrogens with one attached hydrogen (secondary N) is 1. The topological polar surface area (TPSA) is 40.1 Å². The Morgan fingerprint density at radius 2 is 2.00 bits per heavy atom. The van der Waals surface area contributed by atoms with Crippen LogP contribution in [0.3, 0.4) is 0 Å². The van der Waals surface area contributed by atoms with Gasteiger partial charge in [0.15, 0.2) is 5.96 Å². The molecule has 1 aromatic carbocycles. The smallest absolute Gasteiger partial charge is 0.193 e. The summed E-state index contributed by atoms with van der Waals surface area (Å²) >= 11 is 1.82. The molecule has 0 bridgehead atoms. The largest absolute Gasteiger partial charge is 0.379 e. The molecule has 0 aliphatic carbocycles. The minimum Gasteiger partial charge on any atom is -0.379 e. The van der Waals surface area contributed by atoms with Gasteiger partial charge in [0.1, 0.15) is 0 Å². The number of aliphatic imine (C=N–C) groups is 1. The predicted octanol–water partition coefficient (Wildman–Crippen LogP) is 3.84. The lowest BCUT2D eigenvalue weighted by Crippen LogP contribution is -2.39. The van der Waals surface area contributed by atoms with Crippen LogP contribution in [0.2, 0.25) is 0 Å². The first-order valence-electron chi connectivity index (χ1n) is 10.1. The highest BCUT2D eigenvalue weighted by Crippen LogP contribution is 2.12. The van der Waals surface area contributed by atoms with Gasteiger partial charge in [0.05, 0.1) is 19.8 Å². The third kappa shape index (κ3) is 8.24. The van der Waals surface area contributed by atoms with E-state index >= 15 is 0 Å². The first kappa shape index (κ1) is 24.1. The van der Waals surface area contributed by atoms with Gasteiger partial charge in [-0.05, 0) is 35.9 Å². The van der Waals surface area contributed by atoms with Crippen molar-refractivity contribution in [3.63, 3.8) is 0 Å². The molecule has 0 unspecified atom stereocenters. The van der Waals surface area contributed by atoms with Crippen molar-refractivity contribution in [2.45, 2.75) is 26.4 Å². The summed E-state index contributed by atoms with van der Waals surface area (Å²) in [5.41, 5.74) is 2.61. The highest BCUT2D eigenvalue weighted by molar-refractivity contribution is 14.0. The summed E-state index contributed by atoms with van der Waals surface area (Å²) in [5.74, 6) is 0.970. The van der Waals surface area contributed by atoms with E-state index in [1.165, 1.54) is 16.0 Å². The molecule has 0 amide bonds. The first-order chi connectivity index (χ1) is 13.7. The summed E-state index contributed by atoms with van der Waals surface area (Å²) in [6.45, 7) is 9.35. The van der Waals surface area contributed by atoms with Crippen LogP contribution < -0.4 is 5.32 Å². The van der Waals surface area contributed by atoms with Gasteiger partial charge in [0.25, 0.3) is 0 Å². The van der Waals surface area contributed by atoms with Crippen molar-refractivity contribution < 1.29 is 4.74 Å². The zero-order valence-corrected chi connectivity index (χ0v) is 20.6. The summed E-state index contributed by atoms with van der Waals surface area (Å²) < 4.78 is 5.44. The van der Waals surface area contributed by atoms with Crippen molar-refractivity contribution in [2.75, 3.05) is 46.4 Å². The Morgan fingerprint density at radius 1 is 1.21 bits per heavy atom. The van der Waals surface area contributed by atoms with Crippen LogP contribution in [-0.4, -0.2) is 62.2 Å². The normalized spacial score (nSPS) is 15.0. The molecular weight excluding hydrogens is 495 g/mol. The summed E-state index contributed by atoms with van der Waals surface area (Å²) in [7, 11) is 2.12. The molecule has 160 valence electrons. The highest BCUT2D eigenvalue weighted by Gasteiger charge is 2.11. The molecule has 2 heterocycles. The number of hydrogen-bond acceptors (Lipinski definition) is 4. The molecule has 5 nitrogen and oxygen atoms in total. The third-order valence-corrected chi connectivity index (χ3v) is 5.82. The van der Waals surface area contributed by atoms with Crippen molar-refractivity contribution in [3.05, 3.63) is 57.8 Å². The van der Waals surface area contributed by atoms with E-state index in [0.29, 0.717) is 6.54 Å². The molecular formula is C22H33IN4OS. The lowest BCUT2D eigenvalue weighted by molar-refractivity contribution is 0.0342. The first-order valence-corrected chi connectivity index (χ1v) is 11.0. The van der Waals surface area contributed by atoms with Crippen LogP contribution in [0, 0.1) is 0 Å². The molecule has 0 atom stereocenters. The molecule has 1 aliphatic rings. The summed E-state index contributed by atoms with van der Waals surface area (Å²) in [5, 5.41) is 5.56. The molecule has 1 aromatic heterocycles. The SMILES string of the molecule is CCNC(=NCc1cccc(CN2CCOCC2)c1)N(C)CCc1cccs1.I. The van der Waals surface area contributed by atoms with Gasteiger partial charge < -0.3 is 15.0 Å². The van der Waals surface area contributed by atoms with Gasteiger partial charge >= 0.3 is 0 Å². The van der Waals surface area contributed by atoms with Gasteiger partial charge in [-0.1, -0.05) is 30.3 Å². The molecule has 0 saturated carbocycles. The number of benzene rings is 1. The number of guanidine groups is 1. The number of likely N-dealkylation sites (N-methyl/N-ethyl adjacent to an activating group) is 1. The number of nitrogens with zero attached hydrogens (tertiary/aromatic N) is 3. The second kappa shape index (κ2) is 13.2. The monoisotopic (exact) mass is 528 g/mol. The Bertz CT molecular complexity index is 732. The van der Waals surface area contributed by atoms with Crippen LogP contribution in [-0.2, 0) is 24.2 Å². The van der Waals surface area contributed by atoms with E-state index in [2.05, 4.69) is 70.9 Å². The fourth-order valence-electron chi connectivity index (χ4n) is 3.32. The summed E-state index contributed by atoms with van der Waals surface area (Å²) in [4.78, 5) is 11.0. The summed E-state index contributed by atoms with van der Waals surface area (Å²) in [6.07, 6.45) is 1.05. The quantitative estimate of drug-likeness (QED) is 0.321. The average Bonchev–Trinajstić information content (AvgIpc) is 3.24. The second-order valence-corrected chi connectivity index (χ2v) is 8.16. The van der Waals surface area contributed by atoms with Gasteiger partial charge in [-0.3, -0.25) is 4.90 Å². The number of rotatable bonds is 8. The summed E-state index contributed by atoms with van der Waals surface area (Å²) in [6, 6.07) is 13.1. The van der Waals surface area contributed by atoms with Crippen molar-refractivity contribution in [3.8, 4) is 0 Å². The number of thiophene rings is 1. The Labute approximate surface area is 196 Å². The van der Waals surface area contributed by atoms with Gasteiger partial charge in [-0.2, -0.15) is 0 Å². The van der Waals surface area contributed by atoms with Crippen LogP contribution in [0.15, 0.2) is 46.8 Å². The molecule has 1 saturated heterocycles. The maximum absolute atomic E-state index is 5.44. The molecule has 3 rings (SSSR count). The Balaban J connectivity index is 0.00000300. The number of ether oxygens (including phenoxy) is 1. The number of morpholine rings is 1. The predicted molar refractivity (Wildman–Crippen MR) is 133 cm³/mol. The Hall–Kier alpha value is -1.16. The molecule has 1 N–H and O–H groups in total. The van der Waals surface area contributed by atoms with Crippen molar-refractivity contribution in [1.82, 2.24) is 15.1 Å². The minimum absolute atomic E-state index is 0. The standard InChI is InChI=1S/C22H32N4OS.HI/c1-3-23-22(25(2)10-9-21-8-5-15-28-21)24-17-19-6-4-7-20(16-19)18-26-11-13-27-14-12-26;/h4-8,15-16H,3,9-14,17-18H2,1-2H3,(H,23,24);1H. The van der Waals surface area contributed by atoms with Gasteiger partial charge in [-0.15, -0.1) is 35.3 Å². The third-order valence-electron chi connectivity index (χ3n) is 4.88. The number of halogens is 1. The van der Waals surface area contributed by atoms with E-state index in [1.807, 2.05) is 11.3 Å². The number of hydrogen-bond donors (Lipinski definition) is 1. The zero-order valence-electron chi connectivity index (χ0n) is 17.5. The van der Waals surface area contributed by atoms with Crippen LogP contribution in [0.4, 0.5) is 0 Å². The van der Waals surface area contributed by atoms with E-state index in [-0.39, 0.29) is 24.0 Å². The molecule has 7 heteroatoms. The van der Waals surface area contributed by atoms with E-state index in [1.54, 1.807) is 0 Å². The molecule has 1 fully saturated rings. The maximum atomic E-state index is 5.44. The van der Waals surface area contributed by atoms with Crippen molar-refractivity contribution >= 4 is 41.3 Å². The molecule has 1 aliphatic heterocycles. The van der Waals surface area contributed by atoms with Crippen molar-refractivity contribution in [1.29, 1.82) is 0 Å². The van der Waals surface area contributed by atoms with E-state index in [9.17, 15) is 0 Å². The lowest BCUT2D eigenvalue weighted by atomic mass is 10.1. The highest BCUT2D eigenvalue weighted by atomic mass is 127. The van der Waals surface area contributed by atoms with E-state index in [0.717, 1.165) is 58.3 Å². The molecule has 29 heavy (non-hydrogen) atoms. The zero-order chi connectivity index (χ0) is 19.6. The lowest BCUT2D eigenvalue weighted by Gasteiger charge is -2.26. The van der Waals surface area contributed by atoms with Gasteiger partial charge in [0.2, 0.25) is 0 Å². The molecule has 0 radical (unpaired) electrons. The Morgan fingerprint density at radius 3 is 2.72 bits per heavy atom. The van der Waals surface area contributed by atoms with Crippen LogP contribution in [0.25, 0.3) is 0 Å². The van der Waals surface area contributed by atoms with Crippen LogP contribution in [0.1, 0.15) is 22.9 Å². The fraction of sp³-hybridized carbons (Fsp3) is 0.500. The van der Waals surface area contributed by atoms with Crippen LogP contribution in [0.5, 0.6) is 0 Å². The van der Waals surface area contributed by atoms with Crippen LogP contribution >= 0.6 is 35.3 Å². The van der Waals surface area contributed by atoms with E-state index < -0.39 is 0 Å². The van der Waals surface area contributed by atoms with Crippen molar-refractivity contribution in [2.24, 2.45) is 4.99 Å². The second-order valence-electron chi connectivity index (χ2n) is 7.13. The Kier molecular flexibility index (Phi) is 11.0. The molecule has 2 aromatic rings. The fourth-order valence-corrected chi connectivity index (χ4v) is 4.02. The van der Waals surface area contributed by atoms with E-state index in [4.69, 9.17) is 9.73 Å². The maximum Gasteiger partial charge on any atom is 0.193 e.